The van der Waals surface area contributed by atoms with Crippen LogP contribution in [-0.2, 0) is 14.3 Å². The summed E-state index contributed by atoms with van der Waals surface area (Å²) in [4.78, 5) is 11.6. The molecule has 1 saturated heterocycles. The van der Waals surface area contributed by atoms with Gasteiger partial charge in [-0.2, -0.15) is 0 Å². The summed E-state index contributed by atoms with van der Waals surface area (Å²) in [6, 6.07) is 4.42. The van der Waals surface area contributed by atoms with E-state index in [0.29, 0.717) is 30.7 Å². The smallest absolute Gasteiger partial charge is 0.257 e. The second kappa shape index (κ2) is 9.85. The third-order valence-corrected chi connectivity index (χ3v) is 3.86. The predicted molar refractivity (Wildman–Crippen MR) is 87.0 cm³/mol. The molecule has 0 aromatic heterocycles. The minimum Gasteiger partial charge on any atom is -0.481 e. The summed E-state index contributed by atoms with van der Waals surface area (Å²) in [5.41, 5.74) is 0. The van der Waals surface area contributed by atoms with Crippen LogP contribution in [0.2, 0.25) is 0 Å². The highest BCUT2D eigenvalue weighted by Crippen LogP contribution is 2.21. The fourth-order valence-electron chi connectivity index (χ4n) is 2.18. The summed E-state index contributed by atoms with van der Waals surface area (Å²) in [5, 5.41) is 2.71. The van der Waals surface area contributed by atoms with E-state index in [1.807, 2.05) is 0 Å². The maximum Gasteiger partial charge on any atom is 0.257 e. The summed E-state index contributed by atoms with van der Waals surface area (Å²) >= 11 is 3.16. The Morgan fingerprint density at radius 2 is 2.35 bits per heavy atom. The van der Waals surface area contributed by atoms with Gasteiger partial charge in [-0.3, -0.25) is 4.79 Å². The Hall–Kier alpha value is -1.18. The summed E-state index contributed by atoms with van der Waals surface area (Å²) in [6.45, 7) is 2.29. The first-order chi connectivity index (χ1) is 11.1. The van der Waals surface area contributed by atoms with Gasteiger partial charge in [-0.15, -0.1) is 0 Å². The van der Waals surface area contributed by atoms with Crippen molar-refractivity contribution in [1.82, 2.24) is 5.32 Å². The van der Waals surface area contributed by atoms with Gasteiger partial charge in [0.25, 0.3) is 5.91 Å². The van der Waals surface area contributed by atoms with Crippen LogP contribution in [0.3, 0.4) is 0 Å². The first-order valence-corrected chi connectivity index (χ1v) is 8.48. The monoisotopic (exact) mass is 389 g/mol. The van der Waals surface area contributed by atoms with E-state index in [2.05, 4.69) is 21.2 Å². The molecule has 1 aliphatic heterocycles. The molecule has 1 heterocycles. The van der Waals surface area contributed by atoms with Crippen LogP contribution in [0.25, 0.3) is 0 Å². The van der Waals surface area contributed by atoms with Crippen LogP contribution in [0.1, 0.15) is 19.3 Å². The number of nitrogens with one attached hydrogen (secondary N) is 1. The number of rotatable bonds is 9. The van der Waals surface area contributed by atoms with E-state index >= 15 is 0 Å². The Morgan fingerprint density at radius 3 is 3.09 bits per heavy atom. The van der Waals surface area contributed by atoms with Crippen molar-refractivity contribution in [3.8, 4) is 5.75 Å². The molecule has 1 amide bonds. The molecule has 1 aliphatic rings. The summed E-state index contributed by atoms with van der Waals surface area (Å²) in [7, 11) is 0. The fourth-order valence-corrected chi connectivity index (χ4v) is 2.51. The van der Waals surface area contributed by atoms with Gasteiger partial charge in [0.1, 0.15) is 0 Å². The molecule has 1 aromatic rings. The van der Waals surface area contributed by atoms with Crippen molar-refractivity contribution in [2.24, 2.45) is 0 Å². The second-order valence-electron chi connectivity index (χ2n) is 5.28. The molecule has 128 valence electrons. The van der Waals surface area contributed by atoms with E-state index in [9.17, 15) is 9.18 Å². The zero-order chi connectivity index (χ0) is 16.5. The Balaban J connectivity index is 1.51. The average molecular weight is 390 g/mol. The molecule has 0 aliphatic carbocycles. The maximum absolute atomic E-state index is 13.5. The SMILES string of the molecule is O=C(COc1ccc(Br)cc1F)NCCCOCC1CCCO1. The zero-order valence-electron chi connectivity index (χ0n) is 12.9. The van der Waals surface area contributed by atoms with E-state index < -0.39 is 5.82 Å². The van der Waals surface area contributed by atoms with Crippen LogP contribution >= 0.6 is 15.9 Å². The second-order valence-corrected chi connectivity index (χ2v) is 6.19. The third kappa shape index (κ3) is 6.85. The van der Waals surface area contributed by atoms with Gasteiger partial charge in [-0.25, -0.2) is 4.39 Å². The van der Waals surface area contributed by atoms with Gasteiger partial charge in [0.2, 0.25) is 0 Å². The fraction of sp³-hybridized carbons (Fsp3) is 0.562. The Morgan fingerprint density at radius 1 is 1.48 bits per heavy atom. The Bertz CT molecular complexity index is 509. The van der Waals surface area contributed by atoms with Crippen LogP contribution in [0.15, 0.2) is 22.7 Å². The first-order valence-electron chi connectivity index (χ1n) is 7.69. The van der Waals surface area contributed by atoms with E-state index in [1.54, 1.807) is 6.07 Å². The van der Waals surface area contributed by atoms with Crippen molar-refractivity contribution in [3.05, 3.63) is 28.5 Å². The lowest BCUT2D eigenvalue weighted by atomic mass is 10.2. The number of carbonyl (C=O) groups excluding carboxylic acids is 1. The molecule has 5 nitrogen and oxygen atoms in total. The summed E-state index contributed by atoms with van der Waals surface area (Å²) in [6.07, 6.45) is 3.09. The van der Waals surface area contributed by atoms with Gasteiger partial charge in [-0.1, -0.05) is 15.9 Å². The first kappa shape index (κ1) is 18.2. The van der Waals surface area contributed by atoms with Crippen LogP contribution in [0.5, 0.6) is 5.75 Å². The Labute approximate surface area is 143 Å². The molecule has 1 unspecified atom stereocenters. The topological polar surface area (TPSA) is 56.8 Å². The average Bonchev–Trinajstić information content (AvgIpc) is 3.03. The highest BCUT2D eigenvalue weighted by Gasteiger charge is 2.15. The molecule has 7 heteroatoms. The van der Waals surface area contributed by atoms with Crippen molar-refractivity contribution < 1.29 is 23.4 Å². The van der Waals surface area contributed by atoms with Crippen LogP contribution in [0.4, 0.5) is 4.39 Å². The molecule has 1 fully saturated rings. The van der Waals surface area contributed by atoms with Gasteiger partial charge in [-0.05, 0) is 37.5 Å². The molecular weight excluding hydrogens is 369 g/mol. The molecule has 23 heavy (non-hydrogen) atoms. The van der Waals surface area contributed by atoms with Gasteiger partial charge < -0.3 is 19.5 Å². The van der Waals surface area contributed by atoms with Gasteiger partial charge in [0, 0.05) is 24.2 Å². The number of hydrogen-bond donors (Lipinski definition) is 1. The van der Waals surface area contributed by atoms with E-state index in [-0.39, 0.29) is 24.4 Å². The summed E-state index contributed by atoms with van der Waals surface area (Å²) < 4.78 is 30.2. The number of benzene rings is 1. The largest absolute Gasteiger partial charge is 0.481 e. The quantitative estimate of drug-likeness (QED) is 0.659. The van der Waals surface area contributed by atoms with Crippen molar-refractivity contribution in [1.29, 1.82) is 0 Å². The number of halogens is 2. The van der Waals surface area contributed by atoms with E-state index in [1.165, 1.54) is 12.1 Å². The molecule has 0 bridgehead atoms. The lowest BCUT2D eigenvalue weighted by Gasteiger charge is -2.11. The number of carbonyl (C=O) groups is 1. The molecule has 1 N–H and O–H groups in total. The van der Waals surface area contributed by atoms with E-state index in [4.69, 9.17) is 14.2 Å². The van der Waals surface area contributed by atoms with Gasteiger partial charge in [0.05, 0.1) is 12.7 Å². The lowest BCUT2D eigenvalue weighted by Crippen LogP contribution is -2.30. The molecule has 0 radical (unpaired) electrons. The summed E-state index contributed by atoms with van der Waals surface area (Å²) in [5.74, 6) is -0.732. The van der Waals surface area contributed by atoms with E-state index in [0.717, 1.165) is 19.4 Å². The maximum atomic E-state index is 13.5. The molecule has 2 rings (SSSR count). The number of ether oxygens (including phenoxy) is 3. The van der Waals surface area contributed by atoms with Gasteiger partial charge in [0.15, 0.2) is 18.2 Å². The minimum atomic E-state index is -0.505. The van der Waals surface area contributed by atoms with Crippen molar-refractivity contribution >= 4 is 21.8 Å². The van der Waals surface area contributed by atoms with Crippen LogP contribution < -0.4 is 10.1 Å². The third-order valence-electron chi connectivity index (χ3n) is 3.37. The molecule has 0 saturated carbocycles. The molecular formula is C16H21BrFNO4. The lowest BCUT2D eigenvalue weighted by molar-refractivity contribution is -0.123. The number of hydrogen-bond acceptors (Lipinski definition) is 4. The van der Waals surface area contributed by atoms with Crippen molar-refractivity contribution in [2.45, 2.75) is 25.4 Å². The highest BCUT2D eigenvalue weighted by atomic mass is 79.9. The molecule has 0 spiro atoms. The van der Waals surface area contributed by atoms with Crippen molar-refractivity contribution in [3.63, 3.8) is 0 Å². The van der Waals surface area contributed by atoms with Crippen molar-refractivity contribution in [2.75, 3.05) is 33.0 Å². The zero-order valence-corrected chi connectivity index (χ0v) is 14.4. The Kier molecular flexibility index (Phi) is 7.78. The number of amides is 1. The molecule has 1 aromatic carbocycles. The molecule has 1 atom stereocenters. The standard InChI is InChI=1S/C16H21BrFNO4/c17-12-4-5-15(14(18)9-12)23-11-16(20)19-6-2-7-21-10-13-3-1-8-22-13/h4-5,9,13H,1-3,6-8,10-11H2,(H,19,20). The highest BCUT2D eigenvalue weighted by molar-refractivity contribution is 9.10. The normalized spacial score (nSPS) is 17.2. The minimum absolute atomic E-state index is 0.0586. The van der Waals surface area contributed by atoms with Crippen LogP contribution in [0, 0.1) is 5.82 Å². The van der Waals surface area contributed by atoms with Gasteiger partial charge >= 0.3 is 0 Å². The van der Waals surface area contributed by atoms with Crippen LogP contribution in [-0.4, -0.2) is 45.0 Å². The predicted octanol–water partition coefficient (Wildman–Crippen LogP) is 2.67.